The van der Waals surface area contributed by atoms with Gasteiger partial charge < -0.3 is 10.3 Å². The summed E-state index contributed by atoms with van der Waals surface area (Å²) in [5.74, 6) is -0.253. The van der Waals surface area contributed by atoms with Crippen LogP contribution >= 0.6 is 11.3 Å². The van der Waals surface area contributed by atoms with Gasteiger partial charge in [0.25, 0.3) is 5.91 Å². The van der Waals surface area contributed by atoms with Gasteiger partial charge in [0.2, 0.25) is 0 Å². The molecule has 0 aliphatic heterocycles. The number of carbonyl (C=O) groups excluding carboxylic acids is 2. The van der Waals surface area contributed by atoms with Gasteiger partial charge in [-0.3, -0.25) is 9.59 Å². The van der Waals surface area contributed by atoms with Gasteiger partial charge >= 0.3 is 0 Å². The number of aromatic nitrogens is 2. The summed E-state index contributed by atoms with van der Waals surface area (Å²) < 4.78 is 0. The lowest BCUT2D eigenvalue weighted by atomic mass is 10.1. The molecule has 22 heavy (non-hydrogen) atoms. The first kappa shape index (κ1) is 16.4. The Morgan fingerprint density at radius 3 is 2.59 bits per heavy atom. The smallest absolute Gasteiger partial charge is 0.268 e. The maximum Gasteiger partial charge on any atom is 0.268 e. The number of carbonyl (C=O) groups is 2. The van der Waals surface area contributed by atoms with Crippen LogP contribution < -0.4 is 5.32 Å². The van der Waals surface area contributed by atoms with E-state index in [1.54, 1.807) is 25.2 Å². The number of thiazole rings is 1. The van der Waals surface area contributed by atoms with E-state index in [4.69, 9.17) is 0 Å². The van der Waals surface area contributed by atoms with E-state index in [-0.39, 0.29) is 17.7 Å². The number of H-pyrrole nitrogens is 1. The molecule has 0 bridgehead atoms. The normalized spacial score (nSPS) is 12.2. The van der Waals surface area contributed by atoms with Crippen molar-refractivity contribution in [2.24, 2.45) is 0 Å². The Morgan fingerprint density at radius 1 is 1.41 bits per heavy atom. The largest absolute Gasteiger partial charge is 0.354 e. The van der Waals surface area contributed by atoms with Crippen molar-refractivity contribution in [3.05, 3.63) is 38.6 Å². The average molecular weight is 319 g/mol. The molecule has 1 atom stereocenters. The second-order valence-corrected chi connectivity index (χ2v) is 6.34. The molecule has 1 amide bonds. The van der Waals surface area contributed by atoms with Gasteiger partial charge in [0.1, 0.15) is 5.69 Å². The van der Waals surface area contributed by atoms with Gasteiger partial charge in [0.15, 0.2) is 5.78 Å². The quantitative estimate of drug-likeness (QED) is 0.830. The highest BCUT2D eigenvalue weighted by Gasteiger charge is 2.21. The number of ketones is 1. The summed E-state index contributed by atoms with van der Waals surface area (Å²) in [4.78, 5) is 31.6. The molecule has 0 aromatic carbocycles. The summed E-state index contributed by atoms with van der Waals surface area (Å²) in [6.07, 6.45) is 0.891. The first-order valence-electron chi connectivity index (χ1n) is 7.30. The molecule has 0 saturated heterocycles. The van der Waals surface area contributed by atoms with Gasteiger partial charge in [-0.05, 0) is 39.7 Å². The lowest BCUT2D eigenvalue weighted by Crippen LogP contribution is -2.27. The summed E-state index contributed by atoms with van der Waals surface area (Å²) in [6.45, 7) is 9.06. The summed E-state index contributed by atoms with van der Waals surface area (Å²) >= 11 is 1.60. The van der Waals surface area contributed by atoms with Gasteiger partial charge in [-0.1, -0.05) is 6.92 Å². The molecule has 2 aromatic rings. The molecule has 2 heterocycles. The van der Waals surface area contributed by atoms with Crippen LogP contribution in [0.15, 0.2) is 5.38 Å². The monoisotopic (exact) mass is 319 g/mol. The number of Topliss-reactive ketones (excluding diaryl/α,β-unsaturated/α-hetero) is 1. The molecular formula is C16H21N3O2S. The molecule has 0 aliphatic rings. The van der Waals surface area contributed by atoms with E-state index in [2.05, 4.69) is 22.2 Å². The van der Waals surface area contributed by atoms with Crippen molar-refractivity contribution in [2.45, 2.75) is 47.1 Å². The zero-order valence-corrected chi connectivity index (χ0v) is 14.4. The lowest BCUT2D eigenvalue weighted by molar-refractivity contribution is 0.0934. The molecule has 1 unspecified atom stereocenters. The number of hydrogen-bond acceptors (Lipinski definition) is 4. The maximum absolute atomic E-state index is 12.4. The van der Waals surface area contributed by atoms with E-state index in [1.165, 1.54) is 6.92 Å². The maximum atomic E-state index is 12.4. The summed E-state index contributed by atoms with van der Waals surface area (Å²) in [6, 6.07) is -0.173. The first-order chi connectivity index (χ1) is 10.3. The number of amides is 1. The second-order valence-electron chi connectivity index (χ2n) is 5.40. The van der Waals surface area contributed by atoms with E-state index in [1.807, 2.05) is 12.3 Å². The molecule has 0 spiro atoms. The van der Waals surface area contributed by atoms with E-state index in [9.17, 15) is 9.59 Å². The minimum atomic E-state index is -0.216. The Kier molecular flexibility index (Phi) is 4.81. The molecule has 2 aromatic heterocycles. The third-order valence-corrected chi connectivity index (χ3v) is 4.69. The van der Waals surface area contributed by atoms with E-state index < -0.39 is 0 Å². The minimum absolute atomic E-state index is 0.0366. The topological polar surface area (TPSA) is 74.8 Å². The number of aryl methyl sites for hydroxylation is 2. The average Bonchev–Trinajstić information content (AvgIpc) is 3.03. The summed E-state index contributed by atoms with van der Waals surface area (Å²) in [5.41, 5.74) is 3.33. The molecule has 0 aliphatic carbocycles. The van der Waals surface area contributed by atoms with E-state index >= 15 is 0 Å². The number of aromatic amines is 1. The fourth-order valence-corrected chi connectivity index (χ4v) is 3.37. The zero-order valence-electron chi connectivity index (χ0n) is 13.5. The van der Waals surface area contributed by atoms with Crippen molar-refractivity contribution < 1.29 is 9.59 Å². The summed E-state index contributed by atoms with van der Waals surface area (Å²) in [7, 11) is 0. The predicted octanol–water partition coefficient (Wildman–Crippen LogP) is 3.34. The molecule has 6 heteroatoms. The number of rotatable bonds is 5. The van der Waals surface area contributed by atoms with Crippen molar-refractivity contribution in [3.63, 3.8) is 0 Å². The van der Waals surface area contributed by atoms with Crippen molar-refractivity contribution in [3.8, 4) is 0 Å². The van der Waals surface area contributed by atoms with Crippen molar-refractivity contribution in [1.82, 2.24) is 15.3 Å². The Balaban J connectivity index is 2.19. The van der Waals surface area contributed by atoms with Crippen LogP contribution in [0.4, 0.5) is 0 Å². The van der Waals surface area contributed by atoms with Crippen LogP contribution in [0.1, 0.15) is 69.6 Å². The highest BCUT2D eigenvalue weighted by atomic mass is 32.1. The molecule has 2 rings (SSSR count). The molecule has 2 N–H and O–H groups in total. The predicted molar refractivity (Wildman–Crippen MR) is 87.6 cm³/mol. The number of nitrogens with zero attached hydrogens (tertiary/aromatic N) is 1. The molecule has 0 fully saturated rings. The summed E-state index contributed by atoms with van der Waals surface area (Å²) in [5, 5.41) is 5.96. The lowest BCUT2D eigenvalue weighted by Gasteiger charge is -2.11. The van der Waals surface area contributed by atoms with Crippen LogP contribution in [0.3, 0.4) is 0 Å². The van der Waals surface area contributed by atoms with E-state index in [0.717, 1.165) is 22.8 Å². The van der Waals surface area contributed by atoms with Gasteiger partial charge in [-0.15, -0.1) is 11.3 Å². The SMILES string of the molecule is CCc1nc(C(C)NC(=O)c2[nH]c(C)c(C(C)=O)c2C)cs1. The highest BCUT2D eigenvalue weighted by Crippen LogP contribution is 2.21. The minimum Gasteiger partial charge on any atom is -0.354 e. The number of hydrogen-bond donors (Lipinski definition) is 2. The molecule has 5 nitrogen and oxygen atoms in total. The Hall–Kier alpha value is -1.95. The van der Waals surface area contributed by atoms with Crippen LogP contribution in [-0.4, -0.2) is 21.7 Å². The van der Waals surface area contributed by atoms with Crippen LogP contribution in [0.25, 0.3) is 0 Å². The zero-order chi connectivity index (χ0) is 16.4. The molecular weight excluding hydrogens is 298 g/mol. The molecule has 118 valence electrons. The van der Waals surface area contributed by atoms with Gasteiger partial charge in [0, 0.05) is 16.6 Å². The molecule has 0 radical (unpaired) electrons. The Bertz CT molecular complexity index is 715. The highest BCUT2D eigenvalue weighted by molar-refractivity contribution is 7.09. The van der Waals surface area contributed by atoms with Crippen LogP contribution in [-0.2, 0) is 6.42 Å². The fourth-order valence-electron chi connectivity index (χ4n) is 2.53. The molecule has 0 saturated carbocycles. The van der Waals surface area contributed by atoms with Crippen LogP contribution in [0.5, 0.6) is 0 Å². The third-order valence-electron chi connectivity index (χ3n) is 3.68. The first-order valence-corrected chi connectivity index (χ1v) is 8.18. The Morgan fingerprint density at radius 2 is 2.09 bits per heavy atom. The third kappa shape index (κ3) is 3.11. The second kappa shape index (κ2) is 6.44. The van der Waals surface area contributed by atoms with Crippen LogP contribution in [0, 0.1) is 13.8 Å². The van der Waals surface area contributed by atoms with Crippen molar-refractivity contribution in [1.29, 1.82) is 0 Å². The van der Waals surface area contributed by atoms with Gasteiger partial charge in [0.05, 0.1) is 16.7 Å². The van der Waals surface area contributed by atoms with Crippen molar-refractivity contribution in [2.75, 3.05) is 0 Å². The number of nitrogens with one attached hydrogen (secondary N) is 2. The van der Waals surface area contributed by atoms with Crippen LogP contribution in [0.2, 0.25) is 0 Å². The Labute approximate surface area is 134 Å². The van der Waals surface area contributed by atoms with Crippen molar-refractivity contribution >= 4 is 23.0 Å². The standard InChI is InChI=1S/C16H21N3O2S/c1-6-13-19-12(7-22-13)9(3)18-16(21)15-8(2)14(11(5)20)10(4)17-15/h7,9,17H,6H2,1-5H3,(H,18,21). The van der Waals surface area contributed by atoms with E-state index in [0.29, 0.717) is 16.8 Å². The fraction of sp³-hybridized carbons (Fsp3) is 0.438. The van der Waals surface area contributed by atoms with Gasteiger partial charge in [-0.2, -0.15) is 0 Å². The van der Waals surface area contributed by atoms with Gasteiger partial charge in [-0.25, -0.2) is 4.98 Å².